The zero-order chi connectivity index (χ0) is 14.9. The molecule has 1 aromatic carbocycles. The summed E-state index contributed by atoms with van der Waals surface area (Å²) in [6.07, 6.45) is 2.39. The Labute approximate surface area is 125 Å². The largest absolute Gasteiger partial charge is 0.389 e. The predicted octanol–water partition coefficient (Wildman–Crippen LogP) is 0.658. The Morgan fingerprint density at radius 2 is 2.05 bits per heavy atom. The summed E-state index contributed by atoms with van der Waals surface area (Å²) < 4.78 is 0. The van der Waals surface area contributed by atoms with E-state index in [1.165, 1.54) is 11.8 Å². The highest BCUT2D eigenvalue weighted by atomic mass is 16.2. The zero-order valence-corrected chi connectivity index (χ0v) is 12.0. The van der Waals surface area contributed by atoms with E-state index in [0.29, 0.717) is 19.6 Å². The van der Waals surface area contributed by atoms with Crippen LogP contribution < -0.4 is 10.6 Å². The third-order valence-corrected chi connectivity index (χ3v) is 3.40. The van der Waals surface area contributed by atoms with E-state index in [9.17, 15) is 4.79 Å². The van der Waals surface area contributed by atoms with Gasteiger partial charge < -0.3 is 15.5 Å². The quantitative estimate of drug-likeness (QED) is 0.473. The molecule has 5 heteroatoms. The van der Waals surface area contributed by atoms with Crippen molar-refractivity contribution in [2.75, 3.05) is 32.7 Å². The molecule has 1 amide bonds. The van der Waals surface area contributed by atoms with E-state index in [4.69, 9.17) is 5.26 Å². The second-order valence-corrected chi connectivity index (χ2v) is 4.90. The Morgan fingerprint density at radius 3 is 2.71 bits per heavy atom. The third kappa shape index (κ3) is 4.62. The maximum Gasteiger partial charge on any atom is 0.266 e. The van der Waals surface area contributed by atoms with Gasteiger partial charge in [-0.15, -0.1) is 0 Å². The van der Waals surface area contributed by atoms with Crippen LogP contribution >= 0.6 is 0 Å². The van der Waals surface area contributed by atoms with Gasteiger partial charge in [-0.2, -0.15) is 5.26 Å². The summed E-state index contributed by atoms with van der Waals surface area (Å²) in [6, 6.07) is 12.1. The van der Waals surface area contributed by atoms with Crippen LogP contribution in [0.15, 0.2) is 42.1 Å². The summed E-state index contributed by atoms with van der Waals surface area (Å²) >= 11 is 0. The van der Waals surface area contributed by atoms with Gasteiger partial charge in [-0.3, -0.25) is 4.79 Å². The number of rotatable bonds is 5. The summed E-state index contributed by atoms with van der Waals surface area (Å²) in [7, 11) is 0. The van der Waals surface area contributed by atoms with Crippen LogP contribution in [-0.4, -0.2) is 43.5 Å². The van der Waals surface area contributed by atoms with Gasteiger partial charge in [0.1, 0.15) is 11.6 Å². The first kappa shape index (κ1) is 15.1. The number of amides is 1. The number of nitriles is 1. The van der Waals surface area contributed by atoms with E-state index < -0.39 is 0 Å². The maximum absolute atomic E-state index is 12.2. The molecule has 0 bridgehead atoms. The number of carbonyl (C=O) groups is 1. The lowest BCUT2D eigenvalue weighted by atomic mass is 10.1. The van der Waals surface area contributed by atoms with Gasteiger partial charge in [-0.1, -0.05) is 30.3 Å². The minimum atomic E-state index is -0.189. The summed E-state index contributed by atoms with van der Waals surface area (Å²) in [5, 5.41) is 15.4. The van der Waals surface area contributed by atoms with Crippen LogP contribution in [0.2, 0.25) is 0 Å². The molecular formula is C16H20N4O. The normalized spacial score (nSPS) is 15.4. The molecule has 0 aromatic heterocycles. The topological polar surface area (TPSA) is 68.2 Å². The Balaban J connectivity index is 1.82. The molecule has 0 saturated carbocycles. The Kier molecular flexibility index (Phi) is 5.80. The van der Waals surface area contributed by atoms with Crippen LogP contribution in [0.25, 0.3) is 0 Å². The summed E-state index contributed by atoms with van der Waals surface area (Å²) in [5.74, 6) is -0.189. The minimum absolute atomic E-state index is 0.171. The van der Waals surface area contributed by atoms with Crippen molar-refractivity contribution >= 4 is 5.91 Å². The first-order valence-electron chi connectivity index (χ1n) is 7.19. The van der Waals surface area contributed by atoms with E-state index >= 15 is 0 Å². The van der Waals surface area contributed by atoms with E-state index in [-0.39, 0.29) is 11.5 Å². The van der Waals surface area contributed by atoms with Crippen LogP contribution in [0.1, 0.15) is 5.56 Å². The van der Waals surface area contributed by atoms with Gasteiger partial charge >= 0.3 is 0 Å². The van der Waals surface area contributed by atoms with Gasteiger partial charge in [0.15, 0.2) is 0 Å². The molecule has 1 aromatic rings. The van der Waals surface area contributed by atoms with Crippen molar-refractivity contribution in [2.24, 2.45) is 0 Å². The summed E-state index contributed by atoms with van der Waals surface area (Å²) in [6.45, 7) is 3.57. The van der Waals surface area contributed by atoms with Gasteiger partial charge in [-0.05, 0) is 12.0 Å². The molecule has 0 spiro atoms. The van der Waals surface area contributed by atoms with E-state index in [1.807, 2.05) is 24.3 Å². The van der Waals surface area contributed by atoms with E-state index in [2.05, 4.69) is 22.8 Å². The highest BCUT2D eigenvalue weighted by molar-refractivity contribution is 5.97. The average Bonchev–Trinajstić information content (AvgIpc) is 2.56. The molecule has 1 fully saturated rings. The smallest absolute Gasteiger partial charge is 0.266 e. The van der Waals surface area contributed by atoms with Crippen molar-refractivity contribution in [3.63, 3.8) is 0 Å². The monoisotopic (exact) mass is 284 g/mol. The van der Waals surface area contributed by atoms with Crippen molar-refractivity contribution in [2.45, 2.75) is 6.42 Å². The number of piperazine rings is 1. The fraction of sp³-hybridized carbons (Fsp3) is 0.375. The molecule has 0 aliphatic carbocycles. The van der Waals surface area contributed by atoms with Crippen molar-refractivity contribution < 1.29 is 4.79 Å². The van der Waals surface area contributed by atoms with Gasteiger partial charge in [0.05, 0.1) is 0 Å². The second-order valence-electron chi connectivity index (χ2n) is 4.90. The highest BCUT2D eigenvalue weighted by Crippen LogP contribution is 2.02. The Morgan fingerprint density at radius 1 is 1.33 bits per heavy atom. The molecule has 5 nitrogen and oxygen atoms in total. The minimum Gasteiger partial charge on any atom is -0.389 e. The standard InChI is InChI=1S/C16H20N4O/c17-12-15(16(21)20-10-8-18-9-11-20)13-19-7-6-14-4-2-1-3-5-14/h1-5,13,18-19H,6-11H2/b15-13-. The summed E-state index contributed by atoms with van der Waals surface area (Å²) in [5.41, 5.74) is 1.40. The van der Waals surface area contributed by atoms with Gasteiger partial charge in [0.25, 0.3) is 5.91 Å². The molecule has 2 rings (SSSR count). The van der Waals surface area contributed by atoms with Crippen LogP contribution in [0, 0.1) is 11.3 Å². The predicted molar refractivity (Wildman–Crippen MR) is 81.3 cm³/mol. The lowest BCUT2D eigenvalue weighted by Gasteiger charge is -2.27. The lowest BCUT2D eigenvalue weighted by molar-refractivity contribution is -0.127. The van der Waals surface area contributed by atoms with Crippen LogP contribution in [0.3, 0.4) is 0 Å². The fourth-order valence-electron chi connectivity index (χ4n) is 2.22. The summed E-state index contributed by atoms with van der Waals surface area (Å²) in [4.78, 5) is 13.9. The number of carbonyl (C=O) groups excluding carboxylic acids is 1. The van der Waals surface area contributed by atoms with Crippen molar-refractivity contribution in [1.29, 1.82) is 5.26 Å². The van der Waals surface area contributed by atoms with Crippen molar-refractivity contribution in [3.05, 3.63) is 47.7 Å². The van der Waals surface area contributed by atoms with Gasteiger partial charge in [-0.25, -0.2) is 0 Å². The third-order valence-electron chi connectivity index (χ3n) is 3.40. The zero-order valence-electron chi connectivity index (χ0n) is 12.0. The number of nitrogens with zero attached hydrogens (tertiary/aromatic N) is 2. The molecule has 0 atom stereocenters. The number of hydrogen-bond donors (Lipinski definition) is 2. The molecule has 1 aliphatic heterocycles. The van der Waals surface area contributed by atoms with Crippen LogP contribution in [0.5, 0.6) is 0 Å². The molecule has 1 saturated heterocycles. The first-order valence-corrected chi connectivity index (χ1v) is 7.19. The van der Waals surface area contributed by atoms with Crippen LogP contribution in [-0.2, 0) is 11.2 Å². The molecule has 21 heavy (non-hydrogen) atoms. The van der Waals surface area contributed by atoms with Crippen molar-refractivity contribution in [1.82, 2.24) is 15.5 Å². The molecular weight excluding hydrogens is 264 g/mol. The molecule has 110 valence electrons. The maximum atomic E-state index is 12.2. The van der Waals surface area contributed by atoms with E-state index in [1.54, 1.807) is 4.90 Å². The molecule has 0 radical (unpaired) electrons. The van der Waals surface area contributed by atoms with Gasteiger partial charge in [0, 0.05) is 38.9 Å². The van der Waals surface area contributed by atoms with Crippen LogP contribution in [0.4, 0.5) is 0 Å². The molecule has 2 N–H and O–H groups in total. The second kappa shape index (κ2) is 8.08. The van der Waals surface area contributed by atoms with E-state index in [0.717, 1.165) is 19.5 Å². The highest BCUT2D eigenvalue weighted by Gasteiger charge is 2.19. The number of benzene rings is 1. The number of hydrogen-bond acceptors (Lipinski definition) is 4. The van der Waals surface area contributed by atoms with Crippen molar-refractivity contribution in [3.8, 4) is 6.07 Å². The number of nitrogens with one attached hydrogen (secondary N) is 2. The Hall–Kier alpha value is -2.32. The van der Waals surface area contributed by atoms with Gasteiger partial charge in [0.2, 0.25) is 0 Å². The average molecular weight is 284 g/mol. The first-order chi connectivity index (χ1) is 10.3. The lowest BCUT2D eigenvalue weighted by Crippen LogP contribution is -2.46. The fourth-order valence-corrected chi connectivity index (χ4v) is 2.22. The molecule has 0 unspecified atom stereocenters. The molecule has 1 heterocycles. The SMILES string of the molecule is N#C/C(=C/NCCc1ccccc1)C(=O)N1CCNCC1. The molecule has 1 aliphatic rings. The Bertz CT molecular complexity index is 527.